The van der Waals surface area contributed by atoms with Gasteiger partial charge in [0.1, 0.15) is 0 Å². The highest BCUT2D eigenvalue weighted by Gasteiger charge is 2.54. The van der Waals surface area contributed by atoms with Crippen molar-refractivity contribution in [1.82, 2.24) is 4.57 Å². The van der Waals surface area contributed by atoms with Crippen molar-refractivity contribution in [2.45, 2.75) is 87.9 Å². The molecule has 67 heavy (non-hydrogen) atoms. The topological polar surface area (TPSA) is 8.17 Å². The minimum Gasteiger partial charge on any atom is -0.376 e. The van der Waals surface area contributed by atoms with Crippen molar-refractivity contribution in [3.05, 3.63) is 163 Å². The summed E-state index contributed by atoms with van der Waals surface area (Å²) in [6.07, 6.45) is 17.2. The second-order valence-corrected chi connectivity index (χ2v) is 23.7. The molecule has 2 nitrogen and oxygen atoms in total. The van der Waals surface area contributed by atoms with Gasteiger partial charge in [-0.1, -0.05) is 109 Å². The lowest BCUT2D eigenvalue weighted by Gasteiger charge is -2.57. The van der Waals surface area contributed by atoms with E-state index in [-0.39, 0.29) is 12.3 Å². The SMILES string of the molecule is c1ccc(-c2ccc(N3B4c5c(cc6ccccc6c5-c5c3ccc3ccccc53)-n3c5ccc(C67CC8CC(CC(C8)C6)C7)cc5c5cc(C67CC8CC(CC(C8)C6)C7)cc4c53)cc2)cc1. The minimum atomic E-state index is 0.00152. The van der Waals surface area contributed by atoms with Gasteiger partial charge in [0.15, 0.2) is 0 Å². The van der Waals surface area contributed by atoms with Crippen molar-refractivity contribution in [3.63, 3.8) is 0 Å². The fourth-order valence-corrected chi connectivity index (χ4v) is 18.3. The smallest absolute Gasteiger partial charge is 0.333 e. The first-order valence-electron chi connectivity index (χ1n) is 26.2. The predicted octanol–water partition coefficient (Wildman–Crippen LogP) is 14.9. The lowest BCUT2D eigenvalue weighted by Crippen LogP contribution is -2.61. The van der Waals surface area contributed by atoms with Gasteiger partial charge in [-0.05, 0) is 226 Å². The number of nitrogens with zero attached hydrogens (tertiary/aromatic N) is 2. The average Bonchev–Trinajstić information content (AvgIpc) is 3.68. The molecular formula is C64H55BN2. The third-order valence-corrected chi connectivity index (χ3v) is 20.0. The van der Waals surface area contributed by atoms with E-state index in [9.17, 15) is 0 Å². The van der Waals surface area contributed by atoms with Gasteiger partial charge in [-0.2, -0.15) is 0 Å². The standard InChI is InChI=1S/C64H55BN2/c1-2-8-44(9-3-1)45-14-18-50(19-15-45)67-57-20-16-46-10-4-6-12-51(46)59(57)60-52-13-7-5-11-47(52)28-58-61(60)65(67)55-31-49(64-35-41-25-42(36-64)27-43(26-41)37-64)30-54-53-29-48(17-21-56(53)66(58)62(54)55)63-32-38-22-39(33-63)24-40(23-38)34-63/h1-21,28-31,38-43H,22-27,32-37H2. The van der Waals surface area contributed by atoms with Crippen LogP contribution in [0.5, 0.6) is 0 Å². The van der Waals surface area contributed by atoms with Crippen LogP contribution in [0.2, 0.25) is 0 Å². The third kappa shape index (κ3) is 4.94. The van der Waals surface area contributed by atoms with Gasteiger partial charge in [0, 0.05) is 33.4 Å². The van der Waals surface area contributed by atoms with Crippen molar-refractivity contribution in [3.8, 4) is 27.9 Å². The summed E-state index contributed by atoms with van der Waals surface area (Å²) >= 11 is 0. The van der Waals surface area contributed by atoms with Crippen LogP contribution in [-0.2, 0) is 10.8 Å². The van der Waals surface area contributed by atoms with E-state index < -0.39 is 0 Å². The zero-order valence-electron chi connectivity index (χ0n) is 38.4. The predicted molar refractivity (Wildman–Crippen MR) is 280 cm³/mol. The van der Waals surface area contributed by atoms with Gasteiger partial charge in [-0.25, -0.2) is 0 Å². The largest absolute Gasteiger partial charge is 0.376 e. The number of anilines is 2. The molecule has 0 radical (unpaired) electrons. The Kier molecular flexibility index (Phi) is 7.14. The Morgan fingerprint density at radius 3 is 1.66 bits per heavy atom. The van der Waals surface area contributed by atoms with Crippen molar-refractivity contribution < 1.29 is 0 Å². The fourth-order valence-electron chi connectivity index (χ4n) is 18.3. The van der Waals surface area contributed by atoms with E-state index in [1.54, 1.807) is 11.1 Å². The van der Waals surface area contributed by atoms with Crippen LogP contribution in [0.25, 0.3) is 71.3 Å². The number of fused-ring (bicyclic) bond motifs is 11. The van der Waals surface area contributed by atoms with Crippen molar-refractivity contribution >= 4 is 72.5 Å². The van der Waals surface area contributed by atoms with E-state index in [0.29, 0.717) is 5.41 Å². The maximum absolute atomic E-state index is 2.81. The summed E-state index contributed by atoms with van der Waals surface area (Å²) in [5, 5.41) is 8.32. The summed E-state index contributed by atoms with van der Waals surface area (Å²) < 4.78 is 2.78. The van der Waals surface area contributed by atoms with Crippen LogP contribution in [0.4, 0.5) is 11.4 Å². The Balaban J connectivity index is 0.997. The molecule has 8 fully saturated rings. The van der Waals surface area contributed by atoms with Crippen LogP contribution in [-0.4, -0.2) is 11.4 Å². The highest BCUT2D eigenvalue weighted by molar-refractivity contribution is 6.94. The van der Waals surface area contributed by atoms with Gasteiger partial charge >= 0.3 is 6.85 Å². The second-order valence-electron chi connectivity index (χ2n) is 23.7. The Morgan fingerprint density at radius 1 is 0.418 bits per heavy atom. The van der Waals surface area contributed by atoms with E-state index in [0.717, 1.165) is 35.5 Å². The Bertz CT molecular complexity index is 3540. The molecule has 19 rings (SSSR count). The molecule has 3 heterocycles. The maximum atomic E-state index is 2.81. The highest BCUT2D eigenvalue weighted by atomic mass is 15.1. The van der Waals surface area contributed by atoms with Gasteiger partial charge in [-0.15, -0.1) is 0 Å². The molecule has 0 spiro atoms. The average molecular weight is 863 g/mol. The molecule has 8 saturated carbocycles. The molecule has 8 aromatic carbocycles. The summed E-state index contributed by atoms with van der Waals surface area (Å²) in [5.41, 5.74) is 19.0. The number of aromatic nitrogens is 1. The van der Waals surface area contributed by atoms with Crippen LogP contribution in [0.1, 0.15) is 88.2 Å². The zero-order chi connectivity index (χ0) is 43.3. The molecule has 3 heteroatoms. The van der Waals surface area contributed by atoms with Gasteiger partial charge in [0.25, 0.3) is 0 Å². The molecule has 0 amide bonds. The summed E-state index contributed by atoms with van der Waals surface area (Å²) in [5.74, 6) is 5.42. The summed E-state index contributed by atoms with van der Waals surface area (Å²) in [6.45, 7) is 0.00152. The molecular weight excluding hydrogens is 808 g/mol. The highest BCUT2D eigenvalue weighted by Crippen LogP contribution is 2.63. The number of hydrogen-bond donors (Lipinski definition) is 0. The van der Waals surface area contributed by atoms with Crippen molar-refractivity contribution in [2.24, 2.45) is 35.5 Å². The molecule has 10 aliphatic rings. The molecule has 0 unspecified atom stereocenters. The zero-order valence-corrected chi connectivity index (χ0v) is 38.4. The quantitative estimate of drug-likeness (QED) is 0.160. The molecule has 0 saturated heterocycles. The number of rotatable bonds is 4. The minimum absolute atomic E-state index is 0.00152. The van der Waals surface area contributed by atoms with Gasteiger partial charge in [0.2, 0.25) is 0 Å². The van der Waals surface area contributed by atoms with E-state index in [1.807, 2.05) is 0 Å². The Hall–Kier alpha value is -6.06. The summed E-state index contributed by atoms with van der Waals surface area (Å²) in [4.78, 5) is 2.79. The molecule has 1 aromatic heterocycles. The normalized spacial score (nSPS) is 29.1. The van der Waals surface area contributed by atoms with Gasteiger partial charge < -0.3 is 9.38 Å². The van der Waals surface area contributed by atoms with E-state index >= 15 is 0 Å². The molecule has 324 valence electrons. The third-order valence-electron chi connectivity index (χ3n) is 20.0. The molecule has 0 atom stereocenters. The van der Waals surface area contributed by atoms with Crippen LogP contribution >= 0.6 is 0 Å². The van der Waals surface area contributed by atoms with Crippen LogP contribution in [0.3, 0.4) is 0 Å². The lowest BCUT2D eigenvalue weighted by atomic mass is 9.42. The number of hydrogen-bond acceptors (Lipinski definition) is 1. The van der Waals surface area contributed by atoms with Crippen molar-refractivity contribution in [1.29, 1.82) is 0 Å². The maximum Gasteiger partial charge on any atom is 0.333 e. The summed E-state index contributed by atoms with van der Waals surface area (Å²) in [6, 6.07) is 60.1. The molecule has 0 N–H and O–H groups in total. The first-order chi connectivity index (χ1) is 33.0. The van der Waals surface area contributed by atoms with E-state index in [4.69, 9.17) is 0 Å². The van der Waals surface area contributed by atoms with Crippen LogP contribution < -0.4 is 15.7 Å². The molecule has 9 aromatic rings. The second kappa shape index (κ2) is 12.9. The van der Waals surface area contributed by atoms with Gasteiger partial charge in [-0.3, -0.25) is 0 Å². The first-order valence-corrected chi connectivity index (χ1v) is 26.2. The summed E-state index contributed by atoms with van der Waals surface area (Å²) in [7, 11) is 0. The Morgan fingerprint density at radius 2 is 0.985 bits per heavy atom. The van der Waals surface area contributed by atoms with Gasteiger partial charge in [0.05, 0.1) is 11.0 Å². The number of benzene rings is 8. The van der Waals surface area contributed by atoms with E-state index in [1.165, 1.54) is 171 Å². The van der Waals surface area contributed by atoms with Crippen LogP contribution in [0.15, 0.2) is 152 Å². The van der Waals surface area contributed by atoms with Crippen molar-refractivity contribution in [2.75, 3.05) is 4.81 Å². The lowest BCUT2D eigenvalue weighted by molar-refractivity contribution is -0.00526. The molecule has 2 aliphatic heterocycles. The Labute approximate surface area is 394 Å². The first kappa shape index (κ1) is 37.0. The molecule has 8 aliphatic carbocycles. The van der Waals surface area contributed by atoms with E-state index in [2.05, 4.69) is 161 Å². The fraction of sp³-hybridized carbons (Fsp3) is 0.312. The molecule has 8 bridgehead atoms. The van der Waals surface area contributed by atoms with Crippen LogP contribution in [0, 0.1) is 35.5 Å². The monoisotopic (exact) mass is 862 g/mol.